The molecule has 1 N–H and O–H groups in total. The van der Waals surface area contributed by atoms with Crippen LogP contribution in [0.15, 0.2) is 45.6 Å². The van der Waals surface area contributed by atoms with Crippen molar-refractivity contribution in [2.24, 2.45) is 4.99 Å². The van der Waals surface area contributed by atoms with Gasteiger partial charge in [0, 0.05) is 43.8 Å². The van der Waals surface area contributed by atoms with Gasteiger partial charge in [-0.1, -0.05) is 18.2 Å². The summed E-state index contributed by atoms with van der Waals surface area (Å²) < 4.78 is 5.32. The highest BCUT2D eigenvalue weighted by Crippen LogP contribution is 2.21. The van der Waals surface area contributed by atoms with Crippen LogP contribution in [0.3, 0.4) is 0 Å². The van der Waals surface area contributed by atoms with E-state index in [0.717, 1.165) is 35.5 Å². The summed E-state index contributed by atoms with van der Waals surface area (Å²) in [5, 5.41) is 6.50. The van der Waals surface area contributed by atoms with Gasteiger partial charge in [0.2, 0.25) is 0 Å². The summed E-state index contributed by atoms with van der Waals surface area (Å²) >= 11 is 3.47. The lowest BCUT2D eigenvalue weighted by Gasteiger charge is -2.21. The zero-order valence-electron chi connectivity index (χ0n) is 15.2. The van der Waals surface area contributed by atoms with E-state index in [4.69, 9.17) is 4.74 Å². The first kappa shape index (κ1) is 19.8. The van der Waals surface area contributed by atoms with Crippen molar-refractivity contribution >= 4 is 29.1 Å². The molecule has 1 aromatic heterocycles. The Bertz CT molecular complexity index is 660. The van der Waals surface area contributed by atoms with E-state index in [1.165, 1.54) is 4.90 Å². The summed E-state index contributed by atoms with van der Waals surface area (Å²) in [4.78, 5) is 12.4. The van der Waals surface area contributed by atoms with Crippen molar-refractivity contribution in [1.29, 1.82) is 0 Å². The Kier molecular flexibility index (Phi) is 8.24. The van der Waals surface area contributed by atoms with Crippen LogP contribution in [0.2, 0.25) is 0 Å². The van der Waals surface area contributed by atoms with E-state index >= 15 is 0 Å². The summed E-state index contributed by atoms with van der Waals surface area (Å²) in [7, 11) is 5.54. The number of guanidine groups is 1. The molecule has 2 rings (SSSR count). The lowest BCUT2D eigenvalue weighted by Crippen LogP contribution is -2.39. The summed E-state index contributed by atoms with van der Waals surface area (Å²) in [6.45, 7) is 3.59. The quantitative estimate of drug-likeness (QED) is 0.329. The van der Waals surface area contributed by atoms with Crippen molar-refractivity contribution in [2.45, 2.75) is 24.5 Å². The van der Waals surface area contributed by atoms with Crippen molar-refractivity contribution < 1.29 is 4.74 Å². The van der Waals surface area contributed by atoms with Crippen LogP contribution in [0.1, 0.15) is 23.7 Å². The SMILES string of the molecule is CN=C(NCCSc1ccccc1)N(C)Cc1csc(C(C)OC)n1. The highest BCUT2D eigenvalue weighted by atomic mass is 32.2. The van der Waals surface area contributed by atoms with Gasteiger partial charge in [-0.3, -0.25) is 4.99 Å². The fraction of sp³-hybridized carbons (Fsp3) is 0.444. The van der Waals surface area contributed by atoms with E-state index in [1.807, 2.05) is 38.8 Å². The fourth-order valence-electron chi connectivity index (χ4n) is 2.23. The average Bonchev–Trinajstić information content (AvgIpc) is 3.10. The molecule has 136 valence electrons. The minimum absolute atomic E-state index is 0.0384. The molecule has 0 aliphatic carbocycles. The van der Waals surface area contributed by atoms with Gasteiger partial charge in [-0.25, -0.2) is 4.98 Å². The van der Waals surface area contributed by atoms with E-state index in [9.17, 15) is 0 Å². The molecule has 0 amide bonds. The molecule has 1 atom stereocenters. The summed E-state index contributed by atoms with van der Waals surface area (Å²) in [5.74, 6) is 1.87. The second-order valence-electron chi connectivity index (χ2n) is 5.55. The lowest BCUT2D eigenvalue weighted by atomic mass is 10.4. The van der Waals surface area contributed by atoms with Gasteiger partial charge < -0.3 is 15.0 Å². The number of hydrogen-bond acceptors (Lipinski definition) is 5. The number of thiazole rings is 1. The normalized spacial score (nSPS) is 12.9. The van der Waals surface area contributed by atoms with Crippen molar-refractivity contribution in [2.75, 3.05) is 33.5 Å². The van der Waals surface area contributed by atoms with E-state index in [1.54, 1.807) is 18.4 Å². The number of ether oxygens (including phenoxy) is 1. The molecule has 5 nitrogen and oxygen atoms in total. The van der Waals surface area contributed by atoms with Crippen LogP contribution in [0.4, 0.5) is 0 Å². The van der Waals surface area contributed by atoms with Crippen LogP contribution < -0.4 is 5.32 Å². The topological polar surface area (TPSA) is 49.8 Å². The smallest absolute Gasteiger partial charge is 0.193 e. The molecule has 1 unspecified atom stereocenters. The minimum atomic E-state index is 0.0384. The Balaban J connectivity index is 1.78. The number of rotatable bonds is 8. The van der Waals surface area contributed by atoms with Gasteiger partial charge in [0.05, 0.1) is 12.2 Å². The maximum absolute atomic E-state index is 5.32. The van der Waals surface area contributed by atoms with Gasteiger partial charge in [-0.05, 0) is 19.1 Å². The Hall–Kier alpha value is -1.57. The molecule has 1 heterocycles. The van der Waals surface area contributed by atoms with Crippen molar-refractivity contribution in [3.63, 3.8) is 0 Å². The Labute approximate surface area is 158 Å². The summed E-state index contributed by atoms with van der Waals surface area (Å²) in [6, 6.07) is 10.4. The van der Waals surface area contributed by atoms with E-state index in [2.05, 4.69) is 49.8 Å². The van der Waals surface area contributed by atoms with Crippen LogP contribution in [0, 0.1) is 0 Å². The fourth-order valence-corrected chi connectivity index (χ4v) is 3.87. The third kappa shape index (κ3) is 6.34. The third-order valence-electron chi connectivity index (χ3n) is 3.64. The number of methoxy groups -OCH3 is 1. The van der Waals surface area contributed by atoms with Crippen molar-refractivity contribution in [3.8, 4) is 0 Å². The van der Waals surface area contributed by atoms with Crippen LogP contribution in [-0.4, -0.2) is 49.3 Å². The second kappa shape index (κ2) is 10.4. The van der Waals surface area contributed by atoms with Gasteiger partial charge in [-0.15, -0.1) is 23.1 Å². The molecule has 2 aromatic rings. The van der Waals surface area contributed by atoms with Crippen molar-refractivity contribution in [3.05, 3.63) is 46.4 Å². The zero-order chi connectivity index (χ0) is 18.1. The molecule has 25 heavy (non-hydrogen) atoms. The number of aromatic nitrogens is 1. The second-order valence-corrected chi connectivity index (χ2v) is 7.60. The van der Waals surface area contributed by atoms with Gasteiger partial charge in [0.15, 0.2) is 5.96 Å². The molecule has 0 aliphatic heterocycles. The third-order valence-corrected chi connectivity index (χ3v) is 5.71. The maximum Gasteiger partial charge on any atom is 0.193 e. The van der Waals surface area contributed by atoms with Gasteiger partial charge >= 0.3 is 0 Å². The Morgan fingerprint density at radius 1 is 1.40 bits per heavy atom. The van der Waals surface area contributed by atoms with Crippen molar-refractivity contribution in [1.82, 2.24) is 15.2 Å². The molecule has 0 saturated carbocycles. The highest BCUT2D eigenvalue weighted by molar-refractivity contribution is 7.99. The molecule has 0 radical (unpaired) electrons. The summed E-state index contributed by atoms with van der Waals surface area (Å²) in [6.07, 6.45) is 0.0384. The van der Waals surface area contributed by atoms with Crippen LogP contribution in [-0.2, 0) is 11.3 Å². The van der Waals surface area contributed by atoms with Gasteiger partial charge in [-0.2, -0.15) is 0 Å². The van der Waals surface area contributed by atoms with Gasteiger partial charge in [0.1, 0.15) is 11.1 Å². The molecule has 0 aliphatic rings. The van der Waals surface area contributed by atoms with E-state index in [0.29, 0.717) is 0 Å². The van der Waals surface area contributed by atoms with Crippen LogP contribution in [0.5, 0.6) is 0 Å². The largest absolute Gasteiger partial charge is 0.375 e. The molecule has 1 aromatic carbocycles. The van der Waals surface area contributed by atoms with E-state index in [-0.39, 0.29) is 6.10 Å². The molecular weight excluding hydrogens is 352 g/mol. The number of thioether (sulfide) groups is 1. The number of aliphatic imine (C=N–C) groups is 1. The molecular formula is C18H26N4OS2. The zero-order valence-corrected chi connectivity index (χ0v) is 16.9. The monoisotopic (exact) mass is 378 g/mol. The highest BCUT2D eigenvalue weighted by Gasteiger charge is 2.12. The molecule has 0 saturated heterocycles. The van der Waals surface area contributed by atoms with E-state index < -0.39 is 0 Å². The minimum Gasteiger partial charge on any atom is -0.375 e. The number of nitrogens with zero attached hydrogens (tertiary/aromatic N) is 3. The molecule has 0 spiro atoms. The molecule has 0 fully saturated rings. The first-order valence-corrected chi connectivity index (χ1v) is 10.1. The molecule has 0 bridgehead atoms. The Morgan fingerprint density at radius 2 is 2.16 bits per heavy atom. The van der Waals surface area contributed by atoms with Gasteiger partial charge in [0.25, 0.3) is 0 Å². The Morgan fingerprint density at radius 3 is 2.84 bits per heavy atom. The maximum atomic E-state index is 5.32. The summed E-state index contributed by atoms with van der Waals surface area (Å²) in [5.41, 5.74) is 1.04. The number of hydrogen-bond donors (Lipinski definition) is 1. The number of benzene rings is 1. The number of nitrogens with one attached hydrogen (secondary N) is 1. The predicted octanol–water partition coefficient (Wildman–Crippen LogP) is 3.65. The van der Waals surface area contributed by atoms with Crippen LogP contribution >= 0.6 is 23.1 Å². The standard InChI is InChI=1S/C18H26N4OS2/c1-14(23-4)17-21-15(13-25-17)12-22(3)18(19-2)20-10-11-24-16-8-6-5-7-9-16/h5-9,13-14H,10-12H2,1-4H3,(H,19,20). The predicted molar refractivity (Wildman–Crippen MR) is 108 cm³/mol. The first-order valence-electron chi connectivity index (χ1n) is 8.20. The lowest BCUT2D eigenvalue weighted by molar-refractivity contribution is 0.119. The van der Waals surface area contributed by atoms with Crippen LogP contribution in [0.25, 0.3) is 0 Å². The first-order chi connectivity index (χ1) is 12.1. The molecule has 7 heteroatoms. The average molecular weight is 379 g/mol.